The van der Waals surface area contributed by atoms with Gasteiger partial charge in [-0.25, -0.2) is 0 Å². The largest absolute Gasteiger partial charge is 0.339 e. The number of aromatic nitrogens is 1. The van der Waals surface area contributed by atoms with Crippen LogP contribution >= 0.6 is 0 Å². The van der Waals surface area contributed by atoms with E-state index in [0.29, 0.717) is 16.5 Å². The Morgan fingerprint density at radius 2 is 2.19 bits per heavy atom. The fourth-order valence-corrected chi connectivity index (χ4v) is 2.60. The van der Waals surface area contributed by atoms with E-state index in [-0.39, 0.29) is 12.5 Å². The molecule has 112 valence electrons. The van der Waals surface area contributed by atoms with E-state index in [2.05, 4.69) is 30.7 Å². The van der Waals surface area contributed by atoms with Crippen LogP contribution in [0.25, 0.3) is 0 Å². The molecule has 2 rings (SSSR count). The van der Waals surface area contributed by atoms with Gasteiger partial charge in [0.15, 0.2) is 0 Å². The van der Waals surface area contributed by atoms with Crippen molar-refractivity contribution in [1.29, 1.82) is 0 Å². The molecule has 4 heteroatoms. The molecule has 0 atom stereocenters. The number of carbonyl (C=O) groups excluding carboxylic acids is 1. The highest BCUT2D eigenvalue weighted by molar-refractivity contribution is 5.96. The Labute approximate surface area is 126 Å². The van der Waals surface area contributed by atoms with E-state index in [9.17, 15) is 4.79 Å². The Balaban J connectivity index is 2.15. The summed E-state index contributed by atoms with van der Waals surface area (Å²) in [4.78, 5) is 18.7. The van der Waals surface area contributed by atoms with Crippen LogP contribution in [0.2, 0.25) is 0 Å². The molecule has 1 aliphatic rings. The molecule has 1 fully saturated rings. The zero-order valence-electron chi connectivity index (χ0n) is 12.9. The second-order valence-electron chi connectivity index (χ2n) is 5.88. The number of hydrogen-bond acceptors (Lipinski definition) is 3. The van der Waals surface area contributed by atoms with E-state index in [0.717, 1.165) is 32.4 Å². The smallest absolute Gasteiger partial charge is 0.255 e. The van der Waals surface area contributed by atoms with Gasteiger partial charge in [-0.05, 0) is 24.3 Å². The lowest BCUT2D eigenvalue weighted by Gasteiger charge is -2.39. The van der Waals surface area contributed by atoms with Crippen molar-refractivity contribution in [3.63, 3.8) is 0 Å². The summed E-state index contributed by atoms with van der Waals surface area (Å²) in [5, 5.41) is 0. The summed E-state index contributed by atoms with van der Waals surface area (Å²) < 4.78 is 0. The molecule has 2 heterocycles. The van der Waals surface area contributed by atoms with E-state index in [1.165, 1.54) is 0 Å². The van der Waals surface area contributed by atoms with Gasteiger partial charge in [0.2, 0.25) is 0 Å². The summed E-state index contributed by atoms with van der Waals surface area (Å²) in [5.41, 5.74) is 7.07. The van der Waals surface area contributed by atoms with Gasteiger partial charge in [0.05, 0.1) is 17.7 Å². The van der Waals surface area contributed by atoms with Crippen molar-refractivity contribution < 1.29 is 4.79 Å². The van der Waals surface area contributed by atoms with Gasteiger partial charge in [-0.1, -0.05) is 32.1 Å². The minimum atomic E-state index is 0.0527. The minimum Gasteiger partial charge on any atom is -0.339 e. The van der Waals surface area contributed by atoms with Crippen molar-refractivity contribution in [2.45, 2.75) is 33.1 Å². The maximum Gasteiger partial charge on any atom is 0.255 e. The molecule has 0 unspecified atom stereocenters. The van der Waals surface area contributed by atoms with E-state index >= 15 is 0 Å². The zero-order valence-corrected chi connectivity index (χ0v) is 12.9. The predicted octanol–water partition coefficient (Wildman–Crippen LogP) is 2.04. The first-order valence-corrected chi connectivity index (χ1v) is 7.52. The van der Waals surface area contributed by atoms with E-state index in [4.69, 9.17) is 5.73 Å². The molecule has 0 aliphatic carbocycles. The molecule has 1 aromatic heterocycles. The summed E-state index contributed by atoms with van der Waals surface area (Å²) in [5.74, 6) is 5.78. The molecule has 1 amide bonds. The number of piperidine rings is 1. The lowest BCUT2D eigenvalue weighted by atomic mass is 9.78. The summed E-state index contributed by atoms with van der Waals surface area (Å²) in [6.07, 6.45) is 6.56. The van der Waals surface area contributed by atoms with Crippen LogP contribution in [0.5, 0.6) is 0 Å². The second kappa shape index (κ2) is 6.73. The number of carbonyl (C=O) groups is 1. The highest BCUT2D eigenvalue weighted by atomic mass is 16.2. The van der Waals surface area contributed by atoms with Crippen LogP contribution < -0.4 is 5.73 Å². The first kappa shape index (κ1) is 15.5. The maximum atomic E-state index is 12.7. The molecule has 2 N–H and O–H groups in total. The summed E-state index contributed by atoms with van der Waals surface area (Å²) in [7, 11) is 0. The van der Waals surface area contributed by atoms with Gasteiger partial charge in [0, 0.05) is 25.5 Å². The first-order valence-electron chi connectivity index (χ1n) is 7.52. The van der Waals surface area contributed by atoms with Gasteiger partial charge in [-0.15, -0.1) is 0 Å². The van der Waals surface area contributed by atoms with Crippen LogP contribution in [0, 0.1) is 17.3 Å². The Kier molecular flexibility index (Phi) is 4.98. The van der Waals surface area contributed by atoms with Crippen LogP contribution in [0.3, 0.4) is 0 Å². The number of amides is 1. The van der Waals surface area contributed by atoms with Crippen LogP contribution in [0.1, 0.15) is 49.0 Å². The number of pyridine rings is 1. The monoisotopic (exact) mass is 285 g/mol. The lowest BCUT2D eigenvalue weighted by Crippen LogP contribution is -2.42. The third-order valence-corrected chi connectivity index (χ3v) is 4.49. The van der Waals surface area contributed by atoms with Crippen LogP contribution in [0.4, 0.5) is 0 Å². The average molecular weight is 285 g/mol. The SMILES string of the molecule is CCC1(C)CCN(C(=O)c2ccncc2C#CCN)CC1. The summed E-state index contributed by atoms with van der Waals surface area (Å²) in [6.45, 7) is 6.44. The van der Waals surface area contributed by atoms with Gasteiger partial charge in [-0.3, -0.25) is 9.78 Å². The topological polar surface area (TPSA) is 59.2 Å². The number of hydrogen-bond donors (Lipinski definition) is 1. The van der Waals surface area contributed by atoms with E-state index in [1.807, 2.05) is 4.90 Å². The number of rotatable bonds is 2. The van der Waals surface area contributed by atoms with Crippen molar-refractivity contribution in [2.75, 3.05) is 19.6 Å². The molecule has 1 aromatic rings. The molecule has 0 bridgehead atoms. The predicted molar refractivity (Wildman–Crippen MR) is 83.7 cm³/mol. The Bertz CT molecular complexity index is 563. The molecule has 4 nitrogen and oxygen atoms in total. The molecular weight excluding hydrogens is 262 g/mol. The third kappa shape index (κ3) is 3.62. The molecule has 0 radical (unpaired) electrons. The van der Waals surface area contributed by atoms with Gasteiger partial charge in [-0.2, -0.15) is 0 Å². The van der Waals surface area contributed by atoms with Gasteiger partial charge in [0.1, 0.15) is 0 Å². The number of likely N-dealkylation sites (tertiary alicyclic amines) is 1. The summed E-state index contributed by atoms with van der Waals surface area (Å²) >= 11 is 0. The van der Waals surface area contributed by atoms with Crippen LogP contribution in [0.15, 0.2) is 18.5 Å². The average Bonchev–Trinajstić information content (AvgIpc) is 2.53. The molecule has 21 heavy (non-hydrogen) atoms. The molecule has 0 aromatic carbocycles. The Morgan fingerprint density at radius 3 is 2.81 bits per heavy atom. The first-order chi connectivity index (χ1) is 10.1. The normalized spacial score (nSPS) is 17.0. The fourth-order valence-electron chi connectivity index (χ4n) is 2.60. The van der Waals surface area contributed by atoms with Crippen molar-refractivity contribution in [2.24, 2.45) is 11.1 Å². The van der Waals surface area contributed by atoms with Crippen molar-refractivity contribution >= 4 is 5.91 Å². The standard InChI is InChI=1S/C17H23N3O/c1-3-17(2)7-11-20(12-8-17)16(21)15-6-10-19-13-14(15)5-4-9-18/h6,10,13H,3,7-9,11-12,18H2,1-2H3. The quantitative estimate of drug-likeness (QED) is 0.846. The van der Waals surface area contributed by atoms with Gasteiger partial charge >= 0.3 is 0 Å². The van der Waals surface area contributed by atoms with Crippen molar-refractivity contribution in [1.82, 2.24) is 9.88 Å². The van der Waals surface area contributed by atoms with Crippen molar-refractivity contribution in [3.05, 3.63) is 29.6 Å². The Morgan fingerprint density at radius 1 is 1.48 bits per heavy atom. The zero-order chi connectivity index (χ0) is 15.3. The summed E-state index contributed by atoms with van der Waals surface area (Å²) in [6, 6.07) is 1.75. The molecular formula is C17H23N3O. The van der Waals surface area contributed by atoms with Gasteiger partial charge in [0.25, 0.3) is 5.91 Å². The number of nitrogens with zero attached hydrogens (tertiary/aromatic N) is 2. The lowest BCUT2D eigenvalue weighted by molar-refractivity contribution is 0.0600. The molecule has 1 saturated heterocycles. The number of nitrogens with two attached hydrogens (primary N) is 1. The highest BCUT2D eigenvalue weighted by Crippen LogP contribution is 2.34. The van der Waals surface area contributed by atoms with Gasteiger partial charge < -0.3 is 10.6 Å². The van der Waals surface area contributed by atoms with Crippen molar-refractivity contribution in [3.8, 4) is 11.8 Å². The van der Waals surface area contributed by atoms with E-state index < -0.39 is 0 Å². The minimum absolute atomic E-state index is 0.0527. The molecule has 0 saturated carbocycles. The molecule has 0 spiro atoms. The fraction of sp³-hybridized carbons (Fsp3) is 0.529. The Hall–Kier alpha value is -1.86. The maximum absolute atomic E-state index is 12.7. The second-order valence-corrected chi connectivity index (χ2v) is 5.88. The van der Waals surface area contributed by atoms with E-state index in [1.54, 1.807) is 18.5 Å². The third-order valence-electron chi connectivity index (χ3n) is 4.49. The molecule has 1 aliphatic heterocycles. The highest BCUT2D eigenvalue weighted by Gasteiger charge is 2.31. The van der Waals surface area contributed by atoms with Crippen LogP contribution in [-0.2, 0) is 0 Å². The van der Waals surface area contributed by atoms with Crippen LogP contribution in [-0.4, -0.2) is 35.4 Å².